The van der Waals surface area contributed by atoms with E-state index in [-0.39, 0.29) is 5.78 Å². The lowest BCUT2D eigenvalue weighted by Gasteiger charge is -2.06. The highest BCUT2D eigenvalue weighted by atomic mass is 16.1. The summed E-state index contributed by atoms with van der Waals surface area (Å²) in [5, 5.41) is 1.90. The van der Waals surface area contributed by atoms with Crippen LogP contribution in [0.4, 0.5) is 0 Å². The van der Waals surface area contributed by atoms with Crippen LogP contribution in [0.2, 0.25) is 0 Å². The third-order valence-electron chi connectivity index (χ3n) is 3.36. The van der Waals surface area contributed by atoms with E-state index in [1.807, 2.05) is 48.5 Å². The van der Waals surface area contributed by atoms with Crippen LogP contribution in [-0.2, 0) is 6.54 Å². The molecular weight excluding hydrogens is 248 g/mol. The molecule has 2 aromatic carbocycles. The Hall–Kier alpha value is -2.52. The predicted molar refractivity (Wildman–Crippen MR) is 79.5 cm³/mol. The fourth-order valence-electron chi connectivity index (χ4n) is 2.25. The van der Waals surface area contributed by atoms with Crippen LogP contribution in [0.3, 0.4) is 0 Å². The van der Waals surface area contributed by atoms with Crippen molar-refractivity contribution in [2.45, 2.75) is 6.54 Å². The van der Waals surface area contributed by atoms with E-state index in [0.29, 0.717) is 17.7 Å². The van der Waals surface area contributed by atoms with Crippen LogP contribution in [0.5, 0.6) is 0 Å². The Labute approximate surface area is 117 Å². The Bertz CT molecular complexity index is 758. The zero-order chi connectivity index (χ0) is 13.9. The molecule has 0 aliphatic carbocycles. The summed E-state index contributed by atoms with van der Waals surface area (Å²) >= 11 is 0. The van der Waals surface area contributed by atoms with Crippen molar-refractivity contribution in [3.8, 4) is 0 Å². The molecule has 0 aliphatic heterocycles. The summed E-state index contributed by atoms with van der Waals surface area (Å²) in [4.78, 5) is 16.7. The number of carbonyl (C=O) groups excluding carboxylic acids is 1. The van der Waals surface area contributed by atoms with Gasteiger partial charge in [0, 0.05) is 35.5 Å². The van der Waals surface area contributed by atoms with Gasteiger partial charge in [0.1, 0.15) is 0 Å². The molecular formula is C17H14N2O. The van der Waals surface area contributed by atoms with Gasteiger partial charge in [-0.25, -0.2) is 0 Å². The number of rotatable bonds is 3. The molecule has 3 heteroatoms. The summed E-state index contributed by atoms with van der Waals surface area (Å²) in [5.74, 6) is -0.0159. The molecule has 0 radical (unpaired) electrons. The number of nitrogens with two attached hydrogens (primary N) is 1. The van der Waals surface area contributed by atoms with Crippen molar-refractivity contribution in [1.82, 2.24) is 4.98 Å². The molecule has 0 saturated carbocycles. The van der Waals surface area contributed by atoms with Crippen LogP contribution >= 0.6 is 0 Å². The lowest BCUT2D eigenvalue weighted by Crippen LogP contribution is -2.04. The number of ketones is 1. The zero-order valence-corrected chi connectivity index (χ0v) is 10.9. The van der Waals surface area contributed by atoms with Gasteiger partial charge < -0.3 is 5.73 Å². The number of aromatic nitrogens is 1. The minimum atomic E-state index is -0.0159. The molecule has 1 aromatic heterocycles. The second-order valence-corrected chi connectivity index (χ2v) is 4.64. The Kier molecular flexibility index (Phi) is 3.27. The fraction of sp³-hybridized carbons (Fsp3) is 0.0588. The van der Waals surface area contributed by atoms with Crippen molar-refractivity contribution in [3.63, 3.8) is 0 Å². The number of fused-ring (bicyclic) bond motifs is 1. The van der Waals surface area contributed by atoms with Crippen molar-refractivity contribution in [1.29, 1.82) is 0 Å². The highest BCUT2D eigenvalue weighted by Crippen LogP contribution is 2.20. The molecule has 3 aromatic rings. The number of carbonyl (C=O) groups is 1. The van der Waals surface area contributed by atoms with E-state index >= 15 is 0 Å². The van der Waals surface area contributed by atoms with Crippen LogP contribution in [-0.4, -0.2) is 10.8 Å². The Balaban J connectivity index is 2.07. The van der Waals surface area contributed by atoms with E-state index in [1.54, 1.807) is 12.4 Å². The topological polar surface area (TPSA) is 56.0 Å². The normalized spacial score (nSPS) is 10.7. The first kappa shape index (κ1) is 12.5. The number of pyridine rings is 1. The van der Waals surface area contributed by atoms with Crippen molar-refractivity contribution < 1.29 is 4.79 Å². The molecule has 1 heterocycles. The van der Waals surface area contributed by atoms with Gasteiger partial charge >= 0.3 is 0 Å². The number of hydrogen-bond acceptors (Lipinski definition) is 3. The van der Waals surface area contributed by atoms with Gasteiger partial charge in [-0.1, -0.05) is 48.5 Å². The summed E-state index contributed by atoms with van der Waals surface area (Å²) in [6.07, 6.45) is 3.39. The zero-order valence-electron chi connectivity index (χ0n) is 10.9. The molecule has 0 amide bonds. The monoisotopic (exact) mass is 262 g/mol. The van der Waals surface area contributed by atoms with E-state index in [9.17, 15) is 4.79 Å². The second-order valence-electron chi connectivity index (χ2n) is 4.64. The van der Waals surface area contributed by atoms with Gasteiger partial charge in [0.05, 0.1) is 0 Å². The van der Waals surface area contributed by atoms with Crippen molar-refractivity contribution in [2.75, 3.05) is 0 Å². The maximum atomic E-state index is 12.6. The van der Waals surface area contributed by atoms with Gasteiger partial charge in [0.15, 0.2) is 5.78 Å². The first-order chi connectivity index (χ1) is 9.79. The Morgan fingerprint density at radius 1 is 1.00 bits per heavy atom. The summed E-state index contributed by atoms with van der Waals surface area (Å²) in [6, 6.07) is 15.1. The van der Waals surface area contributed by atoms with E-state index in [1.165, 1.54) is 0 Å². The number of hydrogen-bond donors (Lipinski definition) is 1. The van der Waals surface area contributed by atoms with E-state index in [4.69, 9.17) is 5.73 Å². The second kappa shape index (κ2) is 5.23. The molecule has 0 bridgehead atoms. The summed E-state index contributed by atoms with van der Waals surface area (Å²) < 4.78 is 0. The maximum Gasteiger partial charge on any atom is 0.195 e. The highest BCUT2D eigenvalue weighted by molar-refractivity contribution is 6.16. The van der Waals surface area contributed by atoms with Crippen LogP contribution < -0.4 is 5.73 Å². The van der Waals surface area contributed by atoms with Gasteiger partial charge in [-0.2, -0.15) is 0 Å². The van der Waals surface area contributed by atoms with Crippen LogP contribution in [0.1, 0.15) is 21.5 Å². The quantitative estimate of drug-likeness (QED) is 0.738. The molecule has 0 unspecified atom stereocenters. The predicted octanol–water partition coefficient (Wildman–Crippen LogP) is 2.92. The molecule has 0 saturated heterocycles. The smallest absolute Gasteiger partial charge is 0.195 e. The van der Waals surface area contributed by atoms with Gasteiger partial charge in [-0.15, -0.1) is 0 Å². The summed E-state index contributed by atoms with van der Waals surface area (Å²) in [5.41, 5.74) is 7.86. The van der Waals surface area contributed by atoms with Crippen molar-refractivity contribution >= 4 is 16.6 Å². The van der Waals surface area contributed by atoms with Gasteiger partial charge in [-0.05, 0) is 10.9 Å². The molecule has 3 nitrogen and oxygen atoms in total. The average Bonchev–Trinajstić information content (AvgIpc) is 2.54. The summed E-state index contributed by atoms with van der Waals surface area (Å²) in [7, 11) is 0. The Morgan fingerprint density at radius 2 is 1.75 bits per heavy atom. The van der Waals surface area contributed by atoms with E-state index < -0.39 is 0 Å². The van der Waals surface area contributed by atoms with Crippen LogP contribution in [0, 0.1) is 0 Å². The molecule has 20 heavy (non-hydrogen) atoms. The summed E-state index contributed by atoms with van der Waals surface area (Å²) in [6.45, 7) is 0.476. The lowest BCUT2D eigenvalue weighted by molar-refractivity contribution is 0.104. The third-order valence-corrected chi connectivity index (χ3v) is 3.36. The standard InChI is InChI=1S/C17H14N2O/c18-9-12-5-7-13(8-6-12)17(20)16-11-19-10-14-3-1-2-4-15(14)16/h1-8,10-11H,9,18H2. The minimum absolute atomic E-state index is 0.0159. The molecule has 0 fully saturated rings. The van der Waals surface area contributed by atoms with E-state index in [2.05, 4.69) is 4.98 Å². The molecule has 0 aliphatic rings. The fourth-order valence-corrected chi connectivity index (χ4v) is 2.25. The molecule has 0 spiro atoms. The highest BCUT2D eigenvalue weighted by Gasteiger charge is 2.12. The molecule has 2 N–H and O–H groups in total. The first-order valence-electron chi connectivity index (χ1n) is 6.46. The third kappa shape index (κ3) is 2.19. The van der Waals surface area contributed by atoms with Gasteiger partial charge in [0.25, 0.3) is 0 Å². The van der Waals surface area contributed by atoms with Crippen LogP contribution in [0.15, 0.2) is 60.9 Å². The number of nitrogens with zero attached hydrogens (tertiary/aromatic N) is 1. The molecule has 98 valence electrons. The SMILES string of the molecule is NCc1ccc(C(=O)c2cncc3ccccc23)cc1. The van der Waals surface area contributed by atoms with Crippen molar-refractivity contribution in [3.05, 3.63) is 77.6 Å². The van der Waals surface area contributed by atoms with E-state index in [0.717, 1.165) is 16.3 Å². The van der Waals surface area contributed by atoms with Crippen molar-refractivity contribution in [2.24, 2.45) is 5.73 Å². The largest absolute Gasteiger partial charge is 0.326 e. The maximum absolute atomic E-state index is 12.6. The molecule has 3 rings (SSSR count). The average molecular weight is 262 g/mol. The van der Waals surface area contributed by atoms with Crippen LogP contribution in [0.25, 0.3) is 10.8 Å². The number of benzene rings is 2. The minimum Gasteiger partial charge on any atom is -0.326 e. The first-order valence-corrected chi connectivity index (χ1v) is 6.46. The van der Waals surface area contributed by atoms with Gasteiger partial charge in [-0.3, -0.25) is 9.78 Å². The lowest BCUT2D eigenvalue weighted by atomic mass is 9.99. The molecule has 0 atom stereocenters. The van der Waals surface area contributed by atoms with Gasteiger partial charge in [0.2, 0.25) is 0 Å². The Morgan fingerprint density at radius 3 is 2.50 bits per heavy atom.